The van der Waals surface area contributed by atoms with Gasteiger partial charge in [0.15, 0.2) is 0 Å². The maximum absolute atomic E-state index is 12.5. The Morgan fingerprint density at radius 3 is 2.95 bits per heavy atom. The number of hydrogen-bond acceptors (Lipinski definition) is 3. The summed E-state index contributed by atoms with van der Waals surface area (Å²) in [7, 11) is 0. The first kappa shape index (κ1) is 15.3. The van der Waals surface area contributed by atoms with E-state index in [0.29, 0.717) is 12.0 Å². The highest BCUT2D eigenvalue weighted by atomic mass is 16.5. The quantitative estimate of drug-likeness (QED) is 0.879. The van der Waals surface area contributed by atoms with Crippen LogP contribution in [0.15, 0.2) is 24.3 Å². The Balaban J connectivity index is 1.58. The maximum atomic E-state index is 12.5. The molecule has 4 nitrogen and oxygen atoms in total. The minimum absolute atomic E-state index is 0.0206. The number of hydrogen-bond donors (Lipinski definition) is 2. The standard InChI is InChI=1S/C18H26N2O2/c1-3-22-15-6-4-5-14(11-15)13(2)20-17(21)16-12-18(16)7-9-19-10-8-18/h4-6,11,13,16,19H,3,7-10,12H2,1-2H3,(H,20,21). The molecule has 22 heavy (non-hydrogen) atoms. The lowest BCUT2D eigenvalue weighted by atomic mass is 9.91. The number of piperidine rings is 1. The zero-order valence-corrected chi connectivity index (χ0v) is 13.5. The van der Waals surface area contributed by atoms with E-state index in [4.69, 9.17) is 4.74 Å². The lowest BCUT2D eigenvalue weighted by Gasteiger charge is -2.24. The highest BCUT2D eigenvalue weighted by molar-refractivity contribution is 5.83. The van der Waals surface area contributed by atoms with Crippen molar-refractivity contribution >= 4 is 5.91 Å². The summed E-state index contributed by atoms with van der Waals surface area (Å²) in [6, 6.07) is 8.01. The van der Waals surface area contributed by atoms with Crippen molar-refractivity contribution in [1.29, 1.82) is 0 Å². The van der Waals surface area contributed by atoms with Crippen molar-refractivity contribution in [3.63, 3.8) is 0 Å². The molecule has 1 heterocycles. The predicted octanol–water partition coefficient (Wildman–Crippen LogP) is 2.65. The van der Waals surface area contributed by atoms with Gasteiger partial charge in [-0.3, -0.25) is 4.79 Å². The number of carbonyl (C=O) groups excluding carboxylic acids is 1. The van der Waals surface area contributed by atoms with Crippen LogP contribution in [0.1, 0.15) is 44.7 Å². The van der Waals surface area contributed by atoms with Crippen molar-refractivity contribution in [3.05, 3.63) is 29.8 Å². The van der Waals surface area contributed by atoms with Gasteiger partial charge in [0.1, 0.15) is 5.75 Å². The first-order valence-electron chi connectivity index (χ1n) is 8.38. The van der Waals surface area contributed by atoms with E-state index in [9.17, 15) is 4.79 Å². The maximum Gasteiger partial charge on any atom is 0.224 e. The van der Waals surface area contributed by atoms with E-state index >= 15 is 0 Å². The van der Waals surface area contributed by atoms with E-state index in [1.165, 1.54) is 0 Å². The van der Waals surface area contributed by atoms with Crippen molar-refractivity contribution in [1.82, 2.24) is 10.6 Å². The van der Waals surface area contributed by atoms with Crippen molar-refractivity contribution in [3.8, 4) is 5.75 Å². The van der Waals surface area contributed by atoms with Crippen LogP contribution >= 0.6 is 0 Å². The summed E-state index contributed by atoms with van der Waals surface area (Å²) in [5.74, 6) is 1.30. The summed E-state index contributed by atoms with van der Waals surface area (Å²) >= 11 is 0. The zero-order chi connectivity index (χ0) is 15.6. The fourth-order valence-corrected chi connectivity index (χ4v) is 3.63. The van der Waals surface area contributed by atoms with Gasteiger partial charge in [-0.25, -0.2) is 0 Å². The fraction of sp³-hybridized carbons (Fsp3) is 0.611. The van der Waals surface area contributed by atoms with Gasteiger partial charge in [-0.15, -0.1) is 0 Å². The zero-order valence-electron chi connectivity index (χ0n) is 13.5. The normalized spacial score (nSPS) is 23.8. The molecule has 1 aliphatic heterocycles. The van der Waals surface area contributed by atoms with Crippen LogP contribution in [0.5, 0.6) is 5.75 Å². The number of carbonyl (C=O) groups is 1. The molecule has 2 atom stereocenters. The molecular weight excluding hydrogens is 276 g/mol. The Bertz CT molecular complexity index is 538. The molecule has 1 spiro atoms. The minimum Gasteiger partial charge on any atom is -0.494 e. The molecule has 2 aliphatic rings. The average molecular weight is 302 g/mol. The van der Waals surface area contributed by atoms with Gasteiger partial charge in [-0.1, -0.05) is 12.1 Å². The lowest BCUT2D eigenvalue weighted by Crippen LogP contribution is -2.34. The first-order valence-corrected chi connectivity index (χ1v) is 8.38. The van der Waals surface area contributed by atoms with E-state index in [1.54, 1.807) is 0 Å². The Morgan fingerprint density at radius 2 is 2.23 bits per heavy atom. The number of amides is 1. The van der Waals surface area contributed by atoms with Crippen LogP contribution in [0.2, 0.25) is 0 Å². The van der Waals surface area contributed by atoms with E-state index in [0.717, 1.165) is 43.7 Å². The Morgan fingerprint density at radius 1 is 1.45 bits per heavy atom. The number of benzene rings is 1. The SMILES string of the molecule is CCOc1cccc(C(C)NC(=O)C2CC23CCNCC3)c1. The monoisotopic (exact) mass is 302 g/mol. The van der Waals surface area contributed by atoms with Crippen LogP contribution in [-0.2, 0) is 4.79 Å². The molecule has 1 aromatic rings. The molecule has 2 fully saturated rings. The number of nitrogens with one attached hydrogen (secondary N) is 2. The Hall–Kier alpha value is -1.55. The third-order valence-electron chi connectivity index (χ3n) is 5.13. The van der Waals surface area contributed by atoms with Crippen molar-refractivity contribution < 1.29 is 9.53 Å². The smallest absolute Gasteiger partial charge is 0.224 e. The third-order valence-corrected chi connectivity index (χ3v) is 5.13. The third kappa shape index (κ3) is 3.12. The summed E-state index contributed by atoms with van der Waals surface area (Å²) in [4.78, 5) is 12.5. The van der Waals surface area contributed by atoms with Crippen LogP contribution in [0, 0.1) is 11.3 Å². The molecule has 1 aliphatic carbocycles. The van der Waals surface area contributed by atoms with E-state index in [2.05, 4.69) is 10.6 Å². The summed E-state index contributed by atoms with van der Waals surface area (Å²) in [6.45, 7) is 6.78. The molecule has 3 rings (SSSR count). The molecule has 0 aromatic heterocycles. The minimum atomic E-state index is 0.0206. The Labute approximate surface area is 132 Å². The molecule has 0 bridgehead atoms. The first-order chi connectivity index (χ1) is 10.6. The highest BCUT2D eigenvalue weighted by Gasteiger charge is 2.57. The lowest BCUT2D eigenvalue weighted by molar-refractivity contribution is -0.123. The molecule has 1 saturated heterocycles. The summed E-state index contributed by atoms with van der Waals surface area (Å²) in [5, 5.41) is 6.56. The topological polar surface area (TPSA) is 50.4 Å². The molecule has 1 amide bonds. The number of ether oxygens (including phenoxy) is 1. The number of rotatable bonds is 5. The fourth-order valence-electron chi connectivity index (χ4n) is 3.63. The van der Waals surface area contributed by atoms with Gasteiger partial charge >= 0.3 is 0 Å². The summed E-state index contributed by atoms with van der Waals surface area (Å²) < 4.78 is 5.53. The molecule has 4 heteroatoms. The van der Waals surface area contributed by atoms with Crippen molar-refractivity contribution in [2.24, 2.45) is 11.3 Å². The van der Waals surface area contributed by atoms with Crippen LogP contribution < -0.4 is 15.4 Å². The van der Waals surface area contributed by atoms with Gasteiger partial charge in [-0.2, -0.15) is 0 Å². The molecular formula is C18H26N2O2. The van der Waals surface area contributed by atoms with Gasteiger partial charge in [0.05, 0.1) is 12.6 Å². The molecule has 0 radical (unpaired) electrons. The summed E-state index contributed by atoms with van der Waals surface area (Å²) in [6.07, 6.45) is 3.34. The van der Waals surface area contributed by atoms with Crippen LogP contribution in [0.4, 0.5) is 0 Å². The van der Waals surface area contributed by atoms with Crippen molar-refractivity contribution in [2.75, 3.05) is 19.7 Å². The van der Waals surface area contributed by atoms with Gasteiger partial charge < -0.3 is 15.4 Å². The average Bonchev–Trinajstić information content (AvgIpc) is 3.22. The van der Waals surface area contributed by atoms with Crippen LogP contribution in [-0.4, -0.2) is 25.6 Å². The van der Waals surface area contributed by atoms with Crippen LogP contribution in [0.25, 0.3) is 0 Å². The molecule has 2 N–H and O–H groups in total. The predicted molar refractivity (Wildman–Crippen MR) is 86.8 cm³/mol. The second-order valence-corrected chi connectivity index (χ2v) is 6.60. The second-order valence-electron chi connectivity index (χ2n) is 6.60. The molecule has 1 saturated carbocycles. The van der Waals surface area contributed by atoms with Gasteiger partial charge in [0.25, 0.3) is 0 Å². The molecule has 120 valence electrons. The van der Waals surface area contributed by atoms with Gasteiger partial charge in [0.2, 0.25) is 5.91 Å². The second kappa shape index (κ2) is 6.29. The van der Waals surface area contributed by atoms with Gasteiger partial charge in [-0.05, 0) is 69.3 Å². The summed E-state index contributed by atoms with van der Waals surface area (Å²) in [5.41, 5.74) is 1.39. The highest BCUT2D eigenvalue weighted by Crippen LogP contribution is 2.58. The molecule has 2 unspecified atom stereocenters. The molecule has 1 aromatic carbocycles. The largest absolute Gasteiger partial charge is 0.494 e. The van der Waals surface area contributed by atoms with E-state index in [1.807, 2.05) is 38.1 Å². The van der Waals surface area contributed by atoms with Crippen LogP contribution in [0.3, 0.4) is 0 Å². The van der Waals surface area contributed by atoms with Crippen molar-refractivity contribution in [2.45, 2.75) is 39.2 Å². The Kier molecular flexibility index (Phi) is 4.39. The van der Waals surface area contributed by atoms with E-state index in [-0.39, 0.29) is 17.9 Å². The van der Waals surface area contributed by atoms with Gasteiger partial charge in [0, 0.05) is 5.92 Å². The van der Waals surface area contributed by atoms with E-state index < -0.39 is 0 Å².